The number of hydrogen-bond acceptors (Lipinski definition) is 6. The van der Waals surface area contributed by atoms with E-state index in [1.807, 2.05) is 0 Å². The number of nitro benzene ring substituents is 1. The summed E-state index contributed by atoms with van der Waals surface area (Å²) in [6, 6.07) is 11.0. The molecule has 0 aliphatic heterocycles. The summed E-state index contributed by atoms with van der Waals surface area (Å²) in [7, 11) is 0. The van der Waals surface area contributed by atoms with E-state index < -0.39 is 44.7 Å². The third-order valence-electron chi connectivity index (χ3n) is 4.38. The number of rotatable bonds is 5. The first-order valence-corrected chi connectivity index (χ1v) is 8.74. The molecule has 1 N–H and O–H groups in total. The Morgan fingerprint density at radius 3 is 2.24 bits per heavy atom. The largest absolute Gasteiger partial charge is 0.325 e. The maximum absolute atomic E-state index is 12.9. The van der Waals surface area contributed by atoms with Gasteiger partial charge < -0.3 is 5.32 Å². The number of benzene rings is 2. The first-order chi connectivity index (χ1) is 13.7. The highest BCUT2D eigenvalue weighted by Crippen LogP contribution is 2.33. The van der Waals surface area contributed by atoms with E-state index in [9.17, 15) is 29.3 Å². The molecule has 2 aromatic rings. The molecule has 0 saturated heterocycles. The van der Waals surface area contributed by atoms with Crippen molar-refractivity contribution in [3.8, 4) is 0 Å². The summed E-state index contributed by atoms with van der Waals surface area (Å²) >= 11 is 6.10. The van der Waals surface area contributed by atoms with Gasteiger partial charge in [0, 0.05) is 34.5 Å². The van der Waals surface area contributed by atoms with Gasteiger partial charge in [-0.3, -0.25) is 29.3 Å². The summed E-state index contributed by atoms with van der Waals surface area (Å²) in [5.74, 6) is -4.63. The van der Waals surface area contributed by atoms with Crippen LogP contribution in [0.2, 0.25) is 0 Å². The Labute approximate surface area is 169 Å². The number of halogens is 1. The predicted molar refractivity (Wildman–Crippen MR) is 104 cm³/mol. The van der Waals surface area contributed by atoms with E-state index in [4.69, 9.17) is 11.6 Å². The van der Waals surface area contributed by atoms with Crippen LogP contribution in [-0.4, -0.2) is 28.2 Å². The lowest BCUT2D eigenvalue weighted by molar-refractivity contribution is -0.384. The molecule has 146 valence electrons. The average Bonchev–Trinajstić information content (AvgIpc) is 2.69. The van der Waals surface area contributed by atoms with E-state index in [1.54, 1.807) is 12.1 Å². The second-order valence-electron chi connectivity index (χ2n) is 6.27. The van der Waals surface area contributed by atoms with Crippen molar-refractivity contribution in [3.63, 3.8) is 0 Å². The Hall–Kier alpha value is -3.65. The van der Waals surface area contributed by atoms with E-state index >= 15 is 0 Å². The molecular formula is C20H13ClN2O6. The zero-order valence-corrected chi connectivity index (χ0v) is 15.7. The molecule has 0 saturated carbocycles. The minimum Gasteiger partial charge on any atom is -0.325 e. The molecule has 9 heteroatoms. The second kappa shape index (κ2) is 7.76. The number of nitrogens with zero attached hydrogens (tertiary/aromatic N) is 1. The molecule has 1 aliphatic rings. The number of nitrogens with one attached hydrogen (secondary N) is 1. The monoisotopic (exact) mass is 412 g/mol. The molecule has 29 heavy (non-hydrogen) atoms. The van der Waals surface area contributed by atoms with Crippen LogP contribution < -0.4 is 5.32 Å². The van der Waals surface area contributed by atoms with Gasteiger partial charge in [0.1, 0.15) is 11.7 Å². The van der Waals surface area contributed by atoms with Crippen molar-refractivity contribution in [3.05, 3.63) is 80.4 Å². The minimum absolute atomic E-state index is 0.0475. The highest BCUT2D eigenvalue weighted by Gasteiger charge is 2.40. The van der Waals surface area contributed by atoms with Crippen LogP contribution in [-0.2, 0) is 9.59 Å². The molecule has 0 bridgehead atoms. The van der Waals surface area contributed by atoms with E-state index in [-0.39, 0.29) is 22.5 Å². The number of ketones is 3. The van der Waals surface area contributed by atoms with Crippen molar-refractivity contribution in [2.24, 2.45) is 5.92 Å². The Morgan fingerprint density at radius 2 is 1.66 bits per heavy atom. The third kappa shape index (κ3) is 3.70. The van der Waals surface area contributed by atoms with Gasteiger partial charge in [-0.05, 0) is 13.0 Å². The Morgan fingerprint density at radius 1 is 1.03 bits per heavy atom. The topological polar surface area (TPSA) is 123 Å². The average molecular weight is 413 g/mol. The van der Waals surface area contributed by atoms with Crippen LogP contribution >= 0.6 is 11.6 Å². The molecule has 0 heterocycles. The fourth-order valence-electron chi connectivity index (χ4n) is 3.05. The number of hydrogen-bond donors (Lipinski definition) is 1. The molecule has 3 rings (SSSR count). The molecule has 2 aromatic carbocycles. The lowest BCUT2D eigenvalue weighted by Crippen LogP contribution is -2.36. The van der Waals surface area contributed by atoms with Crippen molar-refractivity contribution < 1.29 is 24.1 Å². The van der Waals surface area contributed by atoms with Gasteiger partial charge in [-0.25, -0.2) is 0 Å². The van der Waals surface area contributed by atoms with Gasteiger partial charge in [0.25, 0.3) is 5.69 Å². The number of carbonyl (C=O) groups is 4. The first kappa shape index (κ1) is 20.1. The van der Waals surface area contributed by atoms with Gasteiger partial charge in [-0.1, -0.05) is 41.9 Å². The van der Waals surface area contributed by atoms with Gasteiger partial charge in [-0.15, -0.1) is 0 Å². The number of carbonyl (C=O) groups excluding carboxylic acids is 4. The van der Waals surface area contributed by atoms with E-state index in [0.717, 1.165) is 13.0 Å². The molecule has 0 fully saturated rings. The Kier molecular flexibility index (Phi) is 5.38. The summed E-state index contributed by atoms with van der Waals surface area (Å²) < 4.78 is 0. The number of allylic oxidation sites excluding steroid dienone is 1. The quantitative estimate of drug-likeness (QED) is 0.456. The SMILES string of the molecule is CC(=O)[C@@H](C(=O)Nc1cccc([N+](=O)[O-])c1)C1=C(Cl)C(=O)c2ccccc2C1=O. The van der Waals surface area contributed by atoms with Crippen LogP contribution in [0.4, 0.5) is 11.4 Å². The van der Waals surface area contributed by atoms with Crippen LogP contribution in [0.5, 0.6) is 0 Å². The normalized spacial score (nSPS) is 14.3. The molecule has 8 nitrogen and oxygen atoms in total. The smallest absolute Gasteiger partial charge is 0.271 e. The highest BCUT2D eigenvalue weighted by molar-refractivity contribution is 6.50. The van der Waals surface area contributed by atoms with Crippen LogP contribution in [0.25, 0.3) is 0 Å². The number of non-ortho nitro benzene ring substituents is 1. The molecule has 1 atom stereocenters. The summed E-state index contributed by atoms with van der Waals surface area (Å²) in [6.07, 6.45) is 0. The maximum atomic E-state index is 12.9. The van der Waals surface area contributed by atoms with Gasteiger partial charge in [0.2, 0.25) is 11.7 Å². The molecule has 1 amide bonds. The van der Waals surface area contributed by atoms with Crippen LogP contribution in [0, 0.1) is 16.0 Å². The van der Waals surface area contributed by atoms with Gasteiger partial charge >= 0.3 is 0 Å². The van der Waals surface area contributed by atoms with Crippen molar-refractivity contribution in [2.75, 3.05) is 5.32 Å². The Bertz CT molecular complexity index is 1120. The second-order valence-corrected chi connectivity index (χ2v) is 6.65. The summed E-state index contributed by atoms with van der Waals surface area (Å²) in [5, 5.41) is 12.8. The molecule has 0 spiro atoms. The molecule has 1 aliphatic carbocycles. The lowest BCUT2D eigenvalue weighted by Gasteiger charge is -2.22. The number of amides is 1. The molecule has 0 aromatic heterocycles. The Balaban J connectivity index is 2.01. The van der Waals surface area contributed by atoms with Crippen LogP contribution in [0.3, 0.4) is 0 Å². The summed E-state index contributed by atoms with van der Waals surface area (Å²) in [6.45, 7) is 1.09. The first-order valence-electron chi connectivity index (χ1n) is 8.36. The van der Waals surface area contributed by atoms with E-state index in [2.05, 4.69) is 5.32 Å². The summed E-state index contributed by atoms with van der Waals surface area (Å²) in [4.78, 5) is 60.7. The zero-order chi connectivity index (χ0) is 21.3. The van der Waals surface area contributed by atoms with Crippen LogP contribution in [0.15, 0.2) is 59.1 Å². The summed E-state index contributed by atoms with van der Waals surface area (Å²) in [5.41, 5.74) is -0.482. The van der Waals surface area contributed by atoms with Gasteiger partial charge in [0.05, 0.1) is 9.96 Å². The van der Waals surface area contributed by atoms with Crippen molar-refractivity contribution in [1.29, 1.82) is 0 Å². The van der Waals surface area contributed by atoms with E-state index in [1.165, 1.54) is 30.3 Å². The fraction of sp³-hybridized carbons (Fsp3) is 0.100. The van der Waals surface area contributed by atoms with Gasteiger partial charge in [-0.2, -0.15) is 0 Å². The standard InChI is InChI=1S/C20H13ClN2O6/c1-10(24)15(20(27)22-11-5-4-6-12(9-11)23(28)29)16-17(21)19(26)14-8-3-2-7-13(14)18(16)25/h2-9,15H,1H3,(H,22,27)/t15-/m1/s1. The van der Waals surface area contributed by atoms with E-state index in [0.29, 0.717) is 0 Å². The number of fused-ring (bicyclic) bond motifs is 1. The molecule has 0 unspecified atom stereocenters. The van der Waals surface area contributed by atoms with Crippen molar-refractivity contribution in [2.45, 2.75) is 6.92 Å². The van der Waals surface area contributed by atoms with Gasteiger partial charge in [0.15, 0.2) is 5.78 Å². The fourth-order valence-corrected chi connectivity index (χ4v) is 3.35. The zero-order valence-electron chi connectivity index (χ0n) is 15.0. The lowest BCUT2D eigenvalue weighted by atomic mass is 9.81. The highest BCUT2D eigenvalue weighted by atomic mass is 35.5. The third-order valence-corrected chi connectivity index (χ3v) is 4.75. The number of nitro groups is 1. The predicted octanol–water partition coefficient (Wildman–Crippen LogP) is 3.31. The number of Topliss-reactive ketones (excluding diaryl/α,β-unsaturated/α-hetero) is 3. The minimum atomic E-state index is -1.65. The number of anilines is 1. The molecule has 0 radical (unpaired) electrons. The molecular weight excluding hydrogens is 400 g/mol. The van der Waals surface area contributed by atoms with Crippen molar-refractivity contribution in [1.82, 2.24) is 0 Å². The van der Waals surface area contributed by atoms with Crippen LogP contribution in [0.1, 0.15) is 27.6 Å². The van der Waals surface area contributed by atoms with Crippen molar-refractivity contribution >= 4 is 46.2 Å². The maximum Gasteiger partial charge on any atom is 0.271 e.